The molecule has 6 heteroatoms. The van der Waals surface area contributed by atoms with Crippen LogP contribution in [0.1, 0.15) is 45.2 Å². The van der Waals surface area contributed by atoms with Gasteiger partial charge < -0.3 is 25.0 Å². The molecule has 6 nitrogen and oxygen atoms in total. The van der Waals surface area contributed by atoms with Crippen LogP contribution in [-0.2, 0) is 0 Å². The number of hydrogen-bond donors (Lipinski definition) is 2. The van der Waals surface area contributed by atoms with Crippen LogP contribution in [0.3, 0.4) is 0 Å². The lowest BCUT2D eigenvalue weighted by Gasteiger charge is -2.30. The van der Waals surface area contributed by atoms with Gasteiger partial charge in [-0.15, -0.1) is 0 Å². The van der Waals surface area contributed by atoms with Crippen LogP contribution in [-0.4, -0.2) is 57.8 Å². The minimum atomic E-state index is 0.111. The predicted molar refractivity (Wildman–Crippen MR) is 112 cm³/mol. The van der Waals surface area contributed by atoms with Crippen LogP contribution in [0, 0.1) is 5.92 Å². The zero-order valence-electron chi connectivity index (χ0n) is 17.5. The van der Waals surface area contributed by atoms with E-state index in [4.69, 9.17) is 9.47 Å². The van der Waals surface area contributed by atoms with E-state index < -0.39 is 0 Å². The zero-order chi connectivity index (χ0) is 19.6. The predicted octanol–water partition coefficient (Wildman–Crippen LogP) is 3.05. The average molecular weight is 377 g/mol. The van der Waals surface area contributed by atoms with Crippen molar-refractivity contribution in [1.29, 1.82) is 0 Å². The van der Waals surface area contributed by atoms with E-state index in [9.17, 15) is 0 Å². The van der Waals surface area contributed by atoms with Crippen LogP contribution >= 0.6 is 0 Å². The van der Waals surface area contributed by atoms with E-state index in [1.165, 1.54) is 19.4 Å². The minimum Gasteiger partial charge on any atom is -0.490 e. The third kappa shape index (κ3) is 6.61. The first-order valence-electron chi connectivity index (χ1n) is 10.1. The van der Waals surface area contributed by atoms with Crippen molar-refractivity contribution in [2.45, 2.75) is 39.7 Å². The van der Waals surface area contributed by atoms with Crippen LogP contribution in [0.4, 0.5) is 0 Å². The van der Waals surface area contributed by atoms with Crippen LogP contribution in [0.5, 0.6) is 11.5 Å². The summed E-state index contributed by atoms with van der Waals surface area (Å²) in [5.74, 6) is 3.09. The van der Waals surface area contributed by atoms with Gasteiger partial charge in [0, 0.05) is 20.1 Å². The zero-order valence-corrected chi connectivity index (χ0v) is 17.5. The summed E-state index contributed by atoms with van der Waals surface area (Å²) in [6.45, 7) is 10.6. The molecular weight excluding hydrogens is 340 g/mol. The first kappa shape index (κ1) is 21.4. The molecule has 2 atom stereocenters. The molecule has 1 heterocycles. The first-order chi connectivity index (χ1) is 13.1. The second-order valence-corrected chi connectivity index (χ2v) is 7.16. The molecule has 1 saturated heterocycles. The summed E-state index contributed by atoms with van der Waals surface area (Å²) >= 11 is 0. The number of nitrogens with one attached hydrogen (secondary N) is 2. The number of piperidine rings is 1. The van der Waals surface area contributed by atoms with Crippen molar-refractivity contribution in [3.63, 3.8) is 0 Å². The Hall–Kier alpha value is -1.95. The van der Waals surface area contributed by atoms with Gasteiger partial charge in [0.1, 0.15) is 0 Å². The van der Waals surface area contributed by atoms with Crippen molar-refractivity contribution in [2.75, 3.05) is 46.9 Å². The Morgan fingerprint density at radius 1 is 1.26 bits per heavy atom. The lowest BCUT2D eigenvalue weighted by Crippen LogP contribution is -2.44. The van der Waals surface area contributed by atoms with Gasteiger partial charge in [-0.2, -0.15) is 0 Å². The van der Waals surface area contributed by atoms with E-state index in [1.807, 2.05) is 27.0 Å². The molecule has 1 fully saturated rings. The SMILES string of the molecule is CCOc1ccc(C(C)NC(=NC)NCC2CCCN(C)C2)cc1OCC. The Morgan fingerprint density at radius 3 is 2.67 bits per heavy atom. The number of benzene rings is 1. The summed E-state index contributed by atoms with van der Waals surface area (Å²) < 4.78 is 11.4. The van der Waals surface area contributed by atoms with E-state index in [1.54, 1.807) is 0 Å². The van der Waals surface area contributed by atoms with Gasteiger partial charge in [-0.3, -0.25) is 4.99 Å². The highest BCUT2D eigenvalue weighted by Gasteiger charge is 2.18. The third-order valence-corrected chi connectivity index (χ3v) is 4.92. The van der Waals surface area contributed by atoms with E-state index in [0.717, 1.165) is 36.1 Å². The molecular formula is C21H36N4O2. The molecule has 0 spiro atoms. The molecule has 0 aliphatic carbocycles. The van der Waals surface area contributed by atoms with Crippen LogP contribution in [0.15, 0.2) is 23.2 Å². The first-order valence-corrected chi connectivity index (χ1v) is 10.1. The lowest BCUT2D eigenvalue weighted by molar-refractivity contribution is 0.210. The van der Waals surface area contributed by atoms with Gasteiger partial charge in [0.15, 0.2) is 17.5 Å². The Morgan fingerprint density at radius 2 is 2.00 bits per heavy atom. The topological polar surface area (TPSA) is 58.1 Å². The molecule has 2 N–H and O–H groups in total. The second kappa shape index (κ2) is 11.0. The fraction of sp³-hybridized carbons (Fsp3) is 0.667. The molecule has 0 bridgehead atoms. The normalized spacial score (nSPS) is 19.4. The number of rotatable bonds is 8. The Bertz CT molecular complexity index is 606. The van der Waals surface area contributed by atoms with Crippen LogP contribution < -0.4 is 20.1 Å². The van der Waals surface area contributed by atoms with Crippen LogP contribution in [0.2, 0.25) is 0 Å². The molecule has 0 amide bonds. The Balaban J connectivity index is 1.95. The van der Waals surface area contributed by atoms with Crippen LogP contribution in [0.25, 0.3) is 0 Å². The number of hydrogen-bond acceptors (Lipinski definition) is 4. The van der Waals surface area contributed by atoms with Gasteiger partial charge in [0.25, 0.3) is 0 Å². The summed E-state index contributed by atoms with van der Waals surface area (Å²) in [5, 5.41) is 6.97. The maximum Gasteiger partial charge on any atom is 0.191 e. The number of guanidine groups is 1. The molecule has 1 aromatic carbocycles. The fourth-order valence-electron chi connectivity index (χ4n) is 3.50. The molecule has 152 valence electrons. The summed E-state index contributed by atoms with van der Waals surface area (Å²) in [7, 11) is 4.02. The van der Waals surface area contributed by atoms with E-state index >= 15 is 0 Å². The van der Waals surface area contributed by atoms with Gasteiger partial charge in [-0.1, -0.05) is 6.07 Å². The lowest BCUT2D eigenvalue weighted by atomic mass is 9.98. The summed E-state index contributed by atoms with van der Waals surface area (Å²) in [6.07, 6.45) is 2.55. The maximum absolute atomic E-state index is 5.75. The van der Waals surface area contributed by atoms with E-state index in [2.05, 4.69) is 46.6 Å². The number of ether oxygens (including phenoxy) is 2. The smallest absolute Gasteiger partial charge is 0.191 e. The highest BCUT2D eigenvalue weighted by Crippen LogP contribution is 2.30. The van der Waals surface area contributed by atoms with Gasteiger partial charge in [0.2, 0.25) is 0 Å². The molecule has 27 heavy (non-hydrogen) atoms. The highest BCUT2D eigenvalue weighted by atomic mass is 16.5. The Labute approximate surface area is 164 Å². The summed E-state index contributed by atoms with van der Waals surface area (Å²) in [6, 6.07) is 6.22. The Kier molecular flexibility index (Phi) is 8.72. The van der Waals surface area contributed by atoms with Gasteiger partial charge >= 0.3 is 0 Å². The van der Waals surface area contributed by atoms with E-state index in [-0.39, 0.29) is 6.04 Å². The fourth-order valence-corrected chi connectivity index (χ4v) is 3.50. The third-order valence-electron chi connectivity index (χ3n) is 4.92. The second-order valence-electron chi connectivity index (χ2n) is 7.16. The molecule has 0 saturated carbocycles. The standard InChI is InChI=1S/C21H36N4O2/c1-6-26-19-11-10-18(13-20(19)27-7-2)16(3)24-21(22-4)23-14-17-9-8-12-25(5)15-17/h10-11,13,16-17H,6-9,12,14-15H2,1-5H3,(H2,22,23,24). The summed E-state index contributed by atoms with van der Waals surface area (Å²) in [4.78, 5) is 6.79. The largest absolute Gasteiger partial charge is 0.490 e. The van der Waals surface area contributed by atoms with Crippen molar-refractivity contribution in [3.05, 3.63) is 23.8 Å². The number of aliphatic imine (C=N–C) groups is 1. The molecule has 2 rings (SSSR count). The van der Waals surface area contributed by atoms with Crippen molar-refractivity contribution < 1.29 is 9.47 Å². The quantitative estimate of drug-likeness (QED) is 0.539. The van der Waals surface area contributed by atoms with Crippen molar-refractivity contribution in [3.8, 4) is 11.5 Å². The van der Waals surface area contributed by atoms with E-state index in [0.29, 0.717) is 19.1 Å². The maximum atomic E-state index is 5.75. The molecule has 1 aliphatic heterocycles. The van der Waals surface area contributed by atoms with Gasteiger partial charge in [-0.05, 0) is 70.8 Å². The highest BCUT2D eigenvalue weighted by molar-refractivity contribution is 5.80. The van der Waals surface area contributed by atoms with Crippen molar-refractivity contribution in [2.24, 2.45) is 10.9 Å². The molecule has 2 unspecified atom stereocenters. The number of likely N-dealkylation sites (tertiary alicyclic amines) is 1. The molecule has 1 aromatic rings. The molecule has 0 aromatic heterocycles. The summed E-state index contributed by atoms with van der Waals surface area (Å²) in [5.41, 5.74) is 1.14. The monoisotopic (exact) mass is 376 g/mol. The number of nitrogens with zero attached hydrogens (tertiary/aromatic N) is 2. The minimum absolute atomic E-state index is 0.111. The molecule has 0 radical (unpaired) electrons. The molecule has 1 aliphatic rings. The van der Waals surface area contributed by atoms with Crippen molar-refractivity contribution >= 4 is 5.96 Å². The van der Waals surface area contributed by atoms with Gasteiger partial charge in [0.05, 0.1) is 19.3 Å². The van der Waals surface area contributed by atoms with Gasteiger partial charge in [-0.25, -0.2) is 0 Å². The average Bonchev–Trinajstić information content (AvgIpc) is 2.66. The van der Waals surface area contributed by atoms with Crippen molar-refractivity contribution in [1.82, 2.24) is 15.5 Å².